The molecule has 0 aliphatic carbocycles. The number of rotatable bonds is 4. The summed E-state index contributed by atoms with van der Waals surface area (Å²) >= 11 is 0. The van der Waals surface area contributed by atoms with Gasteiger partial charge in [0, 0.05) is 6.20 Å². The summed E-state index contributed by atoms with van der Waals surface area (Å²) in [5.74, 6) is 0.327. The number of aryl methyl sites for hydroxylation is 2. The maximum atomic E-state index is 11.9. The number of hydrogen-bond acceptors (Lipinski definition) is 6. The fourth-order valence-corrected chi connectivity index (χ4v) is 1.67. The van der Waals surface area contributed by atoms with E-state index in [1.165, 1.54) is 7.11 Å². The van der Waals surface area contributed by atoms with Gasteiger partial charge in [-0.15, -0.1) is 0 Å². The van der Waals surface area contributed by atoms with Crippen LogP contribution in [-0.2, 0) is 11.2 Å². The monoisotopic (exact) mass is 262 g/mol. The van der Waals surface area contributed by atoms with Crippen LogP contribution in [0.5, 0.6) is 5.75 Å². The van der Waals surface area contributed by atoms with Gasteiger partial charge in [0.05, 0.1) is 24.9 Å². The second kappa shape index (κ2) is 5.47. The van der Waals surface area contributed by atoms with Crippen LogP contribution in [0.2, 0.25) is 0 Å². The molecule has 0 spiro atoms. The maximum Gasteiger partial charge on any atom is 0.230 e. The van der Waals surface area contributed by atoms with E-state index >= 15 is 0 Å². The summed E-state index contributed by atoms with van der Waals surface area (Å²) < 4.78 is 9.76. The summed E-state index contributed by atoms with van der Waals surface area (Å²) in [6, 6.07) is 1.68. The van der Waals surface area contributed by atoms with Crippen LogP contribution in [0.4, 0.5) is 5.69 Å². The number of ether oxygens (including phenoxy) is 1. The first-order valence-electron chi connectivity index (χ1n) is 5.69. The summed E-state index contributed by atoms with van der Waals surface area (Å²) in [5.41, 5.74) is 2.41. The minimum absolute atomic E-state index is 0.0971. The maximum absolute atomic E-state index is 11.9. The zero-order valence-electron chi connectivity index (χ0n) is 10.9. The van der Waals surface area contributed by atoms with Crippen LogP contribution in [0.3, 0.4) is 0 Å². The van der Waals surface area contributed by atoms with Gasteiger partial charge in [0.1, 0.15) is 11.4 Å². The largest absolute Gasteiger partial charge is 0.493 e. The minimum Gasteiger partial charge on any atom is -0.493 e. The molecule has 7 nitrogen and oxygen atoms in total. The Hall–Kier alpha value is -2.44. The van der Waals surface area contributed by atoms with E-state index in [0.29, 0.717) is 28.5 Å². The molecular weight excluding hydrogens is 248 g/mol. The molecule has 0 aromatic carbocycles. The molecule has 2 heterocycles. The van der Waals surface area contributed by atoms with Crippen molar-refractivity contribution in [1.29, 1.82) is 0 Å². The SMILES string of the molecule is COc1c(NC(=O)Cc2nonc2C)ccnc1C. The van der Waals surface area contributed by atoms with E-state index in [1.54, 1.807) is 26.1 Å². The first-order valence-corrected chi connectivity index (χ1v) is 5.69. The number of aromatic nitrogens is 3. The van der Waals surface area contributed by atoms with Gasteiger partial charge in [-0.1, -0.05) is 10.3 Å². The van der Waals surface area contributed by atoms with Crippen molar-refractivity contribution in [3.63, 3.8) is 0 Å². The molecule has 0 bridgehead atoms. The fourth-order valence-electron chi connectivity index (χ4n) is 1.67. The molecule has 100 valence electrons. The van der Waals surface area contributed by atoms with Crippen molar-refractivity contribution in [2.45, 2.75) is 20.3 Å². The molecule has 0 saturated heterocycles. The zero-order chi connectivity index (χ0) is 13.8. The van der Waals surface area contributed by atoms with Crippen molar-refractivity contribution >= 4 is 11.6 Å². The van der Waals surface area contributed by atoms with Gasteiger partial charge in [0.25, 0.3) is 0 Å². The zero-order valence-corrected chi connectivity index (χ0v) is 10.9. The van der Waals surface area contributed by atoms with Crippen molar-refractivity contribution in [2.75, 3.05) is 12.4 Å². The molecular formula is C12H14N4O3. The minimum atomic E-state index is -0.220. The van der Waals surface area contributed by atoms with Gasteiger partial charge in [-0.2, -0.15) is 0 Å². The number of nitrogens with zero attached hydrogens (tertiary/aromatic N) is 3. The van der Waals surface area contributed by atoms with E-state index in [2.05, 4.69) is 25.2 Å². The highest BCUT2D eigenvalue weighted by molar-refractivity contribution is 5.93. The standard InChI is InChI=1S/C12H14N4O3/c1-7-10(16-19-15-7)6-11(17)14-9-4-5-13-8(2)12(9)18-3/h4-5H,6H2,1-3H3,(H,13,14,17). The average Bonchev–Trinajstić information content (AvgIpc) is 2.75. The van der Waals surface area contributed by atoms with E-state index in [4.69, 9.17) is 4.74 Å². The lowest BCUT2D eigenvalue weighted by Gasteiger charge is -2.11. The van der Waals surface area contributed by atoms with E-state index < -0.39 is 0 Å². The number of carbonyl (C=O) groups is 1. The first-order chi connectivity index (χ1) is 9.11. The van der Waals surface area contributed by atoms with Crippen molar-refractivity contribution in [1.82, 2.24) is 15.3 Å². The van der Waals surface area contributed by atoms with Gasteiger partial charge >= 0.3 is 0 Å². The van der Waals surface area contributed by atoms with Gasteiger partial charge in [0.2, 0.25) is 5.91 Å². The smallest absolute Gasteiger partial charge is 0.230 e. The Kier molecular flexibility index (Phi) is 3.74. The molecule has 7 heteroatoms. The van der Waals surface area contributed by atoms with Crippen molar-refractivity contribution in [3.8, 4) is 5.75 Å². The van der Waals surface area contributed by atoms with Crippen molar-refractivity contribution in [3.05, 3.63) is 29.3 Å². The third-order valence-corrected chi connectivity index (χ3v) is 2.64. The normalized spacial score (nSPS) is 10.3. The number of carbonyl (C=O) groups excluding carboxylic acids is 1. The van der Waals surface area contributed by atoms with Crippen LogP contribution in [0.25, 0.3) is 0 Å². The second-order valence-corrected chi connectivity index (χ2v) is 4.00. The van der Waals surface area contributed by atoms with Gasteiger partial charge in [0.15, 0.2) is 5.75 Å². The van der Waals surface area contributed by atoms with Gasteiger partial charge in [-0.05, 0) is 19.9 Å². The summed E-state index contributed by atoms with van der Waals surface area (Å²) in [7, 11) is 1.53. The number of pyridine rings is 1. The highest BCUT2D eigenvalue weighted by Gasteiger charge is 2.14. The topological polar surface area (TPSA) is 90.1 Å². The molecule has 2 rings (SSSR count). The number of amides is 1. The number of methoxy groups -OCH3 is 1. The molecule has 0 aliphatic heterocycles. The van der Waals surface area contributed by atoms with E-state index in [-0.39, 0.29) is 12.3 Å². The molecule has 0 saturated carbocycles. The molecule has 0 fully saturated rings. The van der Waals surface area contributed by atoms with E-state index in [1.807, 2.05) is 0 Å². The fraction of sp³-hybridized carbons (Fsp3) is 0.333. The number of nitrogens with one attached hydrogen (secondary N) is 1. The molecule has 0 unspecified atom stereocenters. The van der Waals surface area contributed by atoms with Crippen molar-refractivity contribution < 1.29 is 14.2 Å². The lowest BCUT2D eigenvalue weighted by atomic mass is 10.2. The Bertz CT molecular complexity index is 594. The molecule has 1 N–H and O–H groups in total. The summed E-state index contributed by atoms with van der Waals surface area (Å²) in [5, 5.41) is 10.0. The second-order valence-electron chi connectivity index (χ2n) is 4.00. The van der Waals surface area contributed by atoms with Crippen LogP contribution in [-0.4, -0.2) is 28.3 Å². The van der Waals surface area contributed by atoms with Gasteiger partial charge in [-0.25, -0.2) is 4.63 Å². The molecule has 0 aliphatic rings. The van der Waals surface area contributed by atoms with Crippen LogP contribution in [0.15, 0.2) is 16.9 Å². The molecule has 1 amide bonds. The summed E-state index contributed by atoms with van der Waals surface area (Å²) in [4.78, 5) is 16.0. The number of hydrogen-bond donors (Lipinski definition) is 1. The lowest BCUT2D eigenvalue weighted by Crippen LogP contribution is -2.16. The van der Waals surface area contributed by atoms with Crippen LogP contribution in [0.1, 0.15) is 17.1 Å². The van der Waals surface area contributed by atoms with E-state index in [9.17, 15) is 4.79 Å². The summed E-state index contributed by atoms with van der Waals surface area (Å²) in [6.07, 6.45) is 1.70. The van der Waals surface area contributed by atoms with Gasteiger partial charge < -0.3 is 10.1 Å². The van der Waals surface area contributed by atoms with Crippen LogP contribution >= 0.6 is 0 Å². The Labute approximate surface area is 109 Å². The predicted octanol–water partition coefficient (Wildman–Crippen LogP) is 1.27. The molecule has 0 radical (unpaired) electrons. The highest BCUT2D eigenvalue weighted by Crippen LogP contribution is 2.26. The number of anilines is 1. The molecule has 2 aromatic rings. The highest BCUT2D eigenvalue weighted by atomic mass is 16.6. The summed E-state index contributed by atoms with van der Waals surface area (Å²) in [6.45, 7) is 3.54. The Morgan fingerprint density at radius 1 is 1.37 bits per heavy atom. The first kappa shape index (κ1) is 13.0. The third-order valence-electron chi connectivity index (χ3n) is 2.64. The molecule has 19 heavy (non-hydrogen) atoms. The van der Waals surface area contributed by atoms with Crippen LogP contribution in [0, 0.1) is 13.8 Å². The van der Waals surface area contributed by atoms with Crippen LogP contribution < -0.4 is 10.1 Å². The van der Waals surface area contributed by atoms with E-state index in [0.717, 1.165) is 0 Å². The van der Waals surface area contributed by atoms with Gasteiger partial charge in [-0.3, -0.25) is 9.78 Å². The molecule has 0 atom stereocenters. The Morgan fingerprint density at radius 3 is 2.79 bits per heavy atom. The molecule has 2 aromatic heterocycles. The van der Waals surface area contributed by atoms with Crippen molar-refractivity contribution in [2.24, 2.45) is 0 Å². The quantitative estimate of drug-likeness (QED) is 0.892. The third kappa shape index (κ3) is 2.87. The lowest BCUT2D eigenvalue weighted by molar-refractivity contribution is -0.115. The Morgan fingerprint density at radius 2 is 2.16 bits per heavy atom. The Balaban J connectivity index is 2.11. The average molecular weight is 262 g/mol. The predicted molar refractivity (Wildman–Crippen MR) is 66.9 cm³/mol.